The van der Waals surface area contributed by atoms with Crippen LogP contribution in [0, 0.1) is 20.8 Å². The number of carbonyl (C=O) groups excluding carboxylic acids is 3. The molecule has 2 amide bonds. The number of hydrogen-bond acceptors (Lipinski definition) is 4. The van der Waals surface area contributed by atoms with E-state index in [4.69, 9.17) is 0 Å². The zero-order valence-electron chi connectivity index (χ0n) is 16.1. The van der Waals surface area contributed by atoms with Gasteiger partial charge in [0.15, 0.2) is 5.78 Å². The second-order valence-corrected chi connectivity index (χ2v) is 6.59. The predicted molar refractivity (Wildman–Crippen MR) is 107 cm³/mol. The third-order valence-electron chi connectivity index (χ3n) is 4.13. The maximum absolute atomic E-state index is 12.1. The molecule has 0 saturated carbocycles. The molecule has 0 heterocycles. The number of amides is 2. The normalized spacial score (nSPS) is 10.2. The molecule has 0 bridgehead atoms. The topological polar surface area (TPSA) is 87.3 Å². The van der Waals surface area contributed by atoms with Gasteiger partial charge in [0, 0.05) is 16.9 Å². The smallest absolute Gasteiger partial charge is 0.243 e. The van der Waals surface area contributed by atoms with Crippen LogP contribution in [0.5, 0.6) is 0 Å². The fraction of sp³-hybridized carbons (Fsp3) is 0.286. The average molecular weight is 367 g/mol. The van der Waals surface area contributed by atoms with Gasteiger partial charge in [0.25, 0.3) is 0 Å². The quantitative estimate of drug-likeness (QED) is 0.657. The fourth-order valence-electron chi connectivity index (χ4n) is 2.81. The zero-order chi connectivity index (χ0) is 20.0. The van der Waals surface area contributed by atoms with Crippen molar-refractivity contribution in [3.63, 3.8) is 0 Å². The van der Waals surface area contributed by atoms with Gasteiger partial charge in [0.1, 0.15) is 0 Å². The lowest BCUT2D eigenvalue weighted by Gasteiger charge is -2.13. The van der Waals surface area contributed by atoms with Crippen molar-refractivity contribution in [2.45, 2.75) is 27.7 Å². The minimum atomic E-state index is -0.293. The third kappa shape index (κ3) is 5.95. The largest absolute Gasteiger partial charge is 0.376 e. The van der Waals surface area contributed by atoms with E-state index in [-0.39, 0.29) is 30.7 Å². The summed E-state index contributed by atoms with van der Waals surface area (Å²) in [5.74, 6) is -0.577. The van der Waals surface area contributed by atoms with Crippen LogP contribution >= 0.6 is 0 Å². The first-order chi connectivity index (χ1) is 12.8. The van der Waals surface area contributed by atoms with Crippen molar-refractivity contribution in [2.75, 3.05) is 23.7 Å². The Balaban J connectivity index is 1.80. The highest BCUT2D eigenvalue weighted by Gasteiger charge is 2.10. The van der Waals surface area contributed by atoms with Crippen LogP contribution in [0.2, 0.25) is 0 Å². The molecule has 3 N–H and O–H groups in total. The molecule has 142 valence electrons. The number of rotatable bonds is 7. The molecule has 6 heteroatoms. The van der Waals surface area contributed by atoms with E-state index in [1.165, 1.54) is 6.92 Å². The van der Waals surface area contributed by atoms with Crippen LogP contribution in [0.15, 0.2) is 36.4 Å². The molecule has 0 spiro atoms. The molecule has 0 aliphatic rings. The first-order valence-electron chi connectivity index (χ1n) is 8.75. The zero-order valence-corrected chi connectivity index (χ0v) is 16.1. The number of nitrogens with one attached hydrogen (secondary N) is 3. The van der Waals surface area contributed by atoms with E-state index < -0.39 is 0 Å². The molecule has 6 nitrogen and oxygen atoms in total. The molecular formula is C21H25N3O3. The van der Waals surface area contributed by atoms with Gasteiger partial charge in [0.2, 0.25) is 11.8 Å². The Labute approximate surface area is 159 Å². The van der Waals surface area contributed by atoms with E-state index in [0.717, 1.165) is 28.1 Å². The number of aryl methyl sites for hydroxylation is 3. The fourth-order valence-corrected chi connectivity index (χ4v) is 2.81. The number of anilines is 2. The highest BCUT2D eigenvalue weighted by Crippen LogP contribution is 2.21. The van der Waals surface area contributed by atoms with E-state index in [1.807, 2.05) is 32.9 Å². The van der Waals surface area contributed by atoms with Crippen molar-refractivity contribution in [3.8, 4) is 0 Å². The molecule has 0 radical (unpaired) electrons. The lowest BCUT2D eigenvalue weighted by molar-refractivity contribution is -0.122. The minimum Gasteiger partial charge on any atom is -0.376 e. The number of benzene rings is 2. The number of carbonyl (C=O) groups is 3. The van der Waals surface area contributed by atoms with Gasteiger partial charge in [-0.15, -0.1) is 0 Å². The molecule has 0 fully saturated rings. The van der Waals surface area contributed by atoms with Crippen molar-refractivity contribution < 1.29 is 14.4 Å². The molecule has 27 heavy (non-hydrogen) atoms. The van der Waals surface area contributed by atoms with Crippen molar-refractivity contribution >= 4 is 29.0 Å². The van der Waals surface area contributed by atoms with Crippen LogP contribution in [-0.4, -0.2) is 30.7 Å². The van der Waals surface area contributed by atoms with E-state index in [0.29, 0.717) is 5.56 Å². The Bertz CT molecular complexity index is 834. The lowest BCUT2D eigenvalue weighted by atomic mass is 10.1. The summed E-state index contributed by atoms with van der Waals surface area (Å²) in [5.41, 5.74) is 5.24. The molecule has 0 aliphatic heterocycles. The van der Waals surface area contributed by atoms with Gasteiger partial charge < -0.3 is 16.0 Å². The van der Waals surface area contributed by atoms with Gasteiger partial charge >= 0.3 is 0 Å². The summed E-state index contributed by atoms with van der Waals surface area (Å²) in [4.78, 5) is 35.3. The molecule has 0 aromatic heterocycles. The van der Waals surface area contributed by atoms with Gasteiger partial charge in [0.05, 0.1) is 13.1 Å². The third-order valence-corrected chi connectivity index (χ3v) is 4.13. The Kier molecular flexibility index (Phi) is 6.71. The SMILES string of the molecule is CC(=O)c1ccc(NCC(=O)NCC(=O)Nc2c(C)cc(C)cc2C)cc1. The minimum absolute atomic E-state index is 0.00986. The van der Waals surface area contributed by atoms with Crippen LogP contribution in [0.25, 0.3) is 0 Å². The average Bonchev–Trinajstić information content (AvgIpc) is 2.61. The van der Waals surface area contributed by atoms with Gasteiger partial charge in [-0.1, -0.05) is 17.7 Å². The van der Waals surface area contributed by atoms with Crippen LogP contribution < -0.4 is 16.0 Å². The molecule has 0 saturated heterocycles. The number of ketones is 1. The Morgan fingerprint density at radius 2 is 1.44 bits per heavy atom. The maximum Gasteiger partial charge on any atom is 0.243 e. The van der Waals surface area contributed by atoms with Crippen LogP contribution in [-0.2, 0) is 9.59 Å². The molecule has 2 aromatic carbocycles. The second kappa shape index (κ2) is 8.98. The second-order valence-electron chi connectivity index (χ2n) is 6.59. The summed E-state index contributed by atoms with van der Waals surface area (Å²) in [5, 5.41) is 8.38. The molecule has 2 aromatic rings. The standard InChI is InChI=1S/C21H25N3O3/c1-13-9-14(2)21(15(3)10-13)24-20(27)12-23-19(26)11-22-18-7-5-17(6-8-18)16(4)25/h5-10,22H,11-12H2,1-4H3,(H,23,26)(H,24,27). The lowest BCUT2D eigenvalue weighted by Crippen LogP contribution is -2.36. The summed E-state index contributed by atoms with van der Waals surface area (Å²) in [6.07, 6.45) is 0. The number of hydrogen-bond donors (Lipinski definition) is 3. The molecular weight excluding hydrogens is 342 g/mol. The van der Waals surface area contributed by atoms with E-state index in [9.17, 15) is 14.4 Å². The van der Waals surface area contributed by atoms with E-state index >= 15 is 0 Å². The highest BCUT2D eigenvalue weighted by molar-refractivity contribution is 5.96. The Morgan fingerprint density at radius 1 is 0.852 bits per heavy atom. The summed E-state index contributed by atoms with van der Waals surface area (Å²) in [6.45, 7) is 7.32. The predicted octanol–water partition coefficient (Wildman–Crippen LogP) is 2.98. The molecule has 0 unspecified atom stereocenters. The monoisotopic (exact) mass is 367 g/mol. The maximum atomic E-state index is 12.1. The Morgan fingerprint density at radius 3 is 2.00 bits per heavy atom. The van der Waals surface area contributed by atoms with Crippen LogP contribution in [0.1, 0.15) is 34.0 Å². The van der Waals surface area contributed by atoms with Crippen molar-refractivity contribution in [1.82, 2.24) is 5.32 Å². The highest BCUT2D eigenvalue weighted by atomic mass is 16.2. The van der Waals surface area contributed by atoms with E-state index in [2.05, 4.69) is 16.0 Å². The van der Waals surface area contributed by atoms with Crippen LogP contribution in [0.3, 0.4) is 0 Å². The summed E-state index contributed by atoms with van der Waals surface area (Å²) >= 11 is 0. The summed E-state index contributed by atoms with van der Waals surface area (Å²) < 4.78 is 0. The molecule has 0 atom stereocenters. The number of Topliss-reactive ketones (excluding diaryl/α,β-unsaturated/α-hetero) is 1. The summed E-state index contributed by atoms with van der Waals surface area (Å²) in [7, 11) is 0. The van der Waals surface area contributed by atoms with Gasteiger partial charge in [-0.3, -0.25) is 14.4 Å². The summed E-state index contributed by atoms with van der Waals surface area (Å²) in [6, 6.07) is 10.9. The van der Waals surface area contributed by atoms with Gasteiger partial charge in [-0.05, 0) is 63.1 Å². The Hall–Kier alpha value is -3.15. The van der Waals surface area contributed by atoms with E-state index in [1.54, 1.807) is 24.3 Å². The van der Waals surface area contributed by atoms with Crippen molar-refractivity contribution in [1.29, 1.82) is 0 Å². The van der Waals surface area contributed by atoms with Crippen LogP contribution in [0.4, 0.5) is 11.4 Å². The first-order valence-corrected chi connectivity index (χ1v) is 8.75. The molecule has 2 rings (SSSR count). The first kappa shape index (κ1) is 20.2. The van der Waals surface area contributed by atoms with Gasteiger partial charge in [-0.2, -0.15) is 0 Å². The van der Waals surface area contributed by atoms with Crippen molar-refractivity contribution in [2.24, 2.45) is 0 Å². The van der Waals surface area contributed by atoms with Crippen molar-refractivity contribution in [3.05, 3.63) is 58.7 Å². The molecule has 0 aliphatic carbocycles. The van der Waals surface area contributed by atoms with Gasteiger partial charge in [-0.25, -0.2) is 0 Å².